The Morgan fingerprint density at radius 1 is 1.29 bits per heavy atom. The molecule has 1 fully saturated rings. The second-order valence-corrected chi connectivity index (χ2v) is 7.98. The van der Waals surface area contributed by atoms with E-state index in [4.69, 9.17) is 5.14 Å². The van der Waals surface area contributed by atoms with Crippen LogP contribution in [0.1, 0.15) is 12.8 Å². The van der Waals surface area contributed by atoms with Crippen LogP contribution < -0.4 is 10.5 Å². The van der Waals surface area contributed by atoms with Gasteiger partial charge in [0, 0.05) is 10.4 Å². The maximum absolute atomic E-state index is 12.3. The number of nitrogens with two attached hydrogens (primary N) is 1. The van der Waals surface area contributed by atoms with Gasteiger partial charge in [-0.15, -0.1) is 0 Å². The highest BCUT2D eigenvalue weighted by molar-refractivity contribution is 9.10. The van der Waals surface area contributed by atoms with E-state index in [2.05, 4.69) is 33.4 Å². The number of hydrogen-bond acceptors (Lipinski definition) is 3. The zero-order valence-electron chi connectivity index (χ0n) is 11.1. The minimum absolute atomic E-state index is 0.00446. The fourth-order valence-corrected chi connectivity index (χ4v) is 4.25. The molecule has 0 heterocycles. The quantitative estimate of drug-likeness (QED) is 0.799. The summed E-state index contributed by atoms with van der Waals surface area (Å²) in [6.07, 6.45) is 6.26. The lowest BCUT2D eigenvalue weighted by Gasteiger charge is -2.18. The summed E-state index contributed by atoms with van der Waals surface area (Å²) >= 11 is 3.27. The third-order valence-electron chi connectivity index (χ3n) is 4.14. The van der Waals surface area contributed by atoms with Crippen LogP contribution in [0.15, 0.2) is 39.7 Å². The van der Waals surface area contributed by atoms with Crippen molar-refractivity contribution in [2.24, 2.45) is 22.9 Å². The molecule has 0 radical (unpaired) electrons. The lowest BCUT2D eigenvalue weighted by atomic mass is 9.93. The van der Waals surface area contributed by atoms with E-state index in [0.29, 0.717) is 22.0 Å². The van der Waals surface area contributed by atoms with Gasteiger partial charge in [0.25, 0.3) is 0 Å². The molecule has 21 heavy (non-hydrogen) atoms. The number of fused-ring (bicyclic) bond motifs is 2. The summed E-state index contributed by atoms with van der Waals surface area (Å²) in [6.45, 7) is 0. The highest BCUT2D eigenvalue weighted by atomic mass is 79.9. The normalized spacial score (nSPS) is 27.0. The third-order valence-corrected chi connectivity index (χ3v) is 5.71. The predicted octanol–water partition coefficient (Wildman–Crippen LogP) is 2.25. The van der Waals surface area contributed by atoms with Crippen LogP contribution in [0.25, 0.3) is 0 Å². The molecule has 3 unspecified atom stereocenters. The number of nitrogens with one attached hydrogen (secondary N) is 1. The molecule has 0 saturated heterocycles. The van der Waals surface area contributed by atoms with Crippen LogP contribution in [0.3, 0.4) is 0 Å². The van der Waals surface area contributed by atoms with Crippen LogP contribution in [0, 0.1) is 17.8 Å². The van der Waals surface area contributed by atoms with Crippen LogP contribution in [-0.4, -0.2) is 14.3 Å². The Bertz CT molecular complexity index is 730. The molecule has 0 spiro atoms. The number of amides is 1. The van der Waals surface area contributed by atoms with Gasteiger partial charge in [-0.05, 0) is 58.8 Å². The van der Waals surface area contributed by atoms with E-state index in [0.717, 1.165) is 12.8 Å². The number of rotatable bonds is 3. The maximum Gasteiger partial charge on any atom is 0.238 e. The monoisotopic (exact) mass is 370 g/mol. The van der Waals surface area contributed by atoms with Gasteiger partial charge in [0.2, 0.25) is 15.9 Å². The Balaban J connectivity index is 1.76. The highest BCUT2D eigenvalue weighted by Gasteiger charge is 2.39. The van der Waals surface area contributed by atoms with E-state index in [9.17, 15) is 13.2 Å². The first kappa shape index (κ1) is 14.7. The molecule has 0 aliphatic heterocycles. The zero-order valence-corrected chi connectivity index (χ0v) is 13.5. The van der Waals surface area contributed by atoms with Crippen LogP contribution in [-0.2, 0) is 14.8 Å². The van der Waals surface area contributed by atoms with Crippen molar-refractivity contribution in [1.82, 2.24) is 0 Å². The first-order valence-corrected chi connectivity index (χ1v) is 9.00. The van der Waals surface area contributed by atoms with Crippen molar-refractivity contribution in [3.63, 3.8) is 0 Å². The van der Waals surface area contributed by atoms with Gasteiger partial charge in [-0.3, -0.25) is 4.79 Å². The number of allylic oxidation sites excluding steroid dienone is 2. The molecule has 2 bridgehead atoms. The molecule has 5 nitrogen and oxygen atoms in total. The molecule has 1 aromatic rings. The van der Waals surface area contributed by atoms with Gasteiger partial charge in [-0.2, -0.15) is 0 Å². The Hall–Kier alpha value is -1.18. The van der Waals surface area contributed by atoms with E-state index in [-0.39, 0.29) is 16.7 Å². The molecule has 1 saturated carbocycles. The number of primary sulfonamides is 1. The van der Waals surface area contributed by atoms with Gasteiger partial charge >= 0.3 is 0 Å². The van der Waals surface area contributed by atoms with Gasteiger partial charge < -0.3 is 5.32 Å². The maximum atomic E-state index is 12.3. The SMILES string of the molecule is NS(=O)(=O)c1ccc(NC(=O)C2CC3C=CC2C3)c(Br)c1. The van der Waals surface area contributed by atoms with Gasteiger partial charge in [-0.1, -0.05) is 12.2 Å². The number of benzene rings is 1. The Labute approximate surface area is 131 Å². The molecular formula is C14H15BrN2O3S. The summed E-state index contributed by atoms with van der Waals surface area (Å²) in [5.74, 6) is 0.845. The number of carbonyl (C=O) groups is 1. The van der Waals surface area contributed by atoms with Gasteiger partial charge in [0.1, 0.15) is 0 Å². The number of anilines is 1. The molecule has 0 aromatic heterocycles. The van der Waals surface area contributed by atoms with Gasteiger partial charge in [0.05, 0.1) is 10.6 Å². The van der Waals surface area contributed by atoms with E-state index in [1.807, 2.05) is 0 Å². The zero-order chi connectivity index (χ0) is 15.2. The average molecular weight is 371 g/mol. The highest BCUT2D eigenvalue weighted by Crippen LogP contribution is 2.44. The van der Waals surface area contributed by atoms with E-state index in [1.165, 1.54) is 12.1 Å². The van der Waals surface area contributed by atoms with Crippen molar-refractivity contribution in [2.75, 3.05) is 5.32 Å². The first-order valence-electron chi connectivity index (χ1n) is 6.66. The molecule has 3 N–H and O–H groups in total. The number of halogens is 1. The van der Waals surface area contributed by atoms with Crippen molar-refractivity contribution in [1.29, 1.82) is 0 Å². The van der Waals surface area contributed by atoms with Crippen molar-refractivity contribution in [2.45, 2.75) is 17.7 Å². The van der Waals surface area contributed by atoms with Crippen LogP contribution in [0.5, 0.6) is 0 Å². The number of hydrogen-bond donors (Lipinski definition) is 2. The predicted molar refractivity (Wildman–Crippen MR) is 83.0 cm³/mol. The molecule has 112 valence electrons. The summed E-state index contributed by atoms with van der Waals surface area (Å²) < 4.78 is 23.1. The smallest absolute Gasteiger partial charge is 0.238 e. The van der Waals surface area contributed by atoms with Crippen LogP contribution >= 0.6 is 15.9 Å². The average Bonchev–Trinajstić information content (AvgIpc) is 3.02. The lowest BCUT2D eigenvalue weighted by Crippen LogP contribution is -2.26. The van der Waals surface area contributed by atoms with Crippen LogP contribution in [0.4, 0.5) is 5.69 Å². The van der Waals surface area contributed by atoms with Crippen molar-refractivity contribution >= 4 is 37.5 Å². The fourth-order valence-electron chi connectivity index (χ4n) is 3.08. The minimum Gasteiger partial charge on any atom is -0.325 e. The molecule has 3 rings (SSSR count). The molecule has 2 aliphatic carbocycles. The third kappa shape index (κ3) is 2.90. The molecule has 2 aliphatic rings. The summed E-state index contributed by atoms with van der Waals surface area (Å²) in [5.41, 5.74) is 0.555. The second kappa shape index (κ2) is 5.23. The Morgan fingerprint density at radius 2 is 2.05 bits per heavy atom. The first-order chi connectivity index (χ1) is 9.84. The lowest BCUT2D eigenvalue weighted by molar-refractivity contribution is -0.120. The van der Waals surface area contributed by atoms with Gasteiger partial charge in [0.15, 0.2) is 0 Å². The van der Waals surface area contributed by atoms with Crippen molar-refractivity contribution in [3.05, 3.63) is 34.8 Å². The Morgan fingerprint density at radius 3 is 2.57 bits per heavy atom. The summed E-state index contributed by atoms with van der Waals surface area (Å²) in [4.78, 5) is 12.3. The van der Waals surface area contributed by atoms with E-state index >= 15 is 0 Å². The number of carbonyl (C=O) groups excluding carboxylic acids is 1. The van der Waals surface area contributed by atoms with E-state index in [1.54, 1.807) is 6.07 Å². The van der Waals surface area contributed by atoms with Gasteiger partial charge in [-0.25, -0.2) is 13.6 Å². The minimum atomic E-state index is -3.74. The largest absolute Gasteiger partial charge is 0.325 e. The van der Waals surface area contributed by atoms with E-state index < -0.39 is 10.0 Å². The summed E-state index contributed by atoms with van der Waals surface area (Å²) in [6, 6.07) is 4.33. The van der Waals surface area contributed by atoms with Crippen LogP contribution in [0.2, 0.25) is 0 Å². The van der Waals surface area contributed by atoms with Crippen molar-refractivity contribution in [3.8, 4) is 0 Å². The Kier molecular flexibility index (Phi) is 3.67. The summed E-state index contributed by atoms with van der Waals surface area (Å²) in [7, 11) is -3.74. The number of sulfonamides is 1. The molecule has 3 atom stereocenters. The molecular weight excluding hydrogens is 356 g/mol. The molecule has 1 amide bonds. The molecule has 7 heteroatoms. The standard InChI is InChI=1S/C14H15BrN2O3S/c15-12-7-10(21(16,19)20)3-4-13(12)17-14(18)11-6-8-1-2-9(11)5-8/h1-4,7-9,11H,5-6H2,(H,17,18)(H2,16,19,20). The molecule has 1 aromatic carbocycles. The fraction of sp³-hybridized carbons (Fsp3) is 0.357. The second-order valence-electron chi connectivity index (χ2n) is 5.56. The summed E-state index contributed by atoms with van der Waals surface area (Å²) in [5, 5.41) is 7.93. The topological polar surface area (TPSA) is 89.3 Å². The van der Waals surface area contributed by atoms with Crippen molar-refractivity contribution < 1.29 is 13.2 Å².